The monoisotopic (exact) mass is 320 g/mol. The number of likely N-dealkylation sites (tertiary alicyclic amines) is 1. The fourth-order valence-corrected chi connectivity index (χ4v) is 3.13. The third kappa shape index (κ3) is 5.30. The van der Waals surface area contributed by atoms with Gasteiger partial charge in [0.1, 0.15) is 0 Å². The highest BCUT2D eigenvalue weighted by molar-refractivity contribution is 5.95. The van der Waals surface area contributed by atoms with Crippen molar-refractivity contribution in [2.45, 2.75) is 38.8 Å². The molecular weight excluding hydrogens is 292 g/mol. The van der Waals surface area contributed by atoms with E-state index < -0.39 is 6.10 Å². The second-order valence-electron chi connectivity index (χ2n) is 6.48. The lowest BCUT2D eigenvalue weighted by atomic mass is 10.0. The number of nitrogens with one attached hydrogen (secondary N) is 1. The number of hydrogen-bond donors (Lipinski definition) is 2. The van der Waals surface area contributed by atoms with Gasteiger partial charge in [-0.3, -0.25) is 4.79 Å². The van der Waals surface area contributed by atoms with E-state index in [1.807, 2.05) is 32.0 Å². The molecule has 1 heterocycles. The van der Waals surface area contributed by atoms with E-state index in [0.717, 1.165) is 37.1 Å². The van der Waals surface area contributed by atoms with Crippen molar-refractivity contribution in [3.63, 3.8) is 0 Å². The number of benzene rings is 1. The van der Waals surface area contributed by atoms with Crippen LogP contribution in [-0.2, 0) is 4.74 Å². The molecule has 1 saturated heterocycles. The SMILES string of the molecule is COCC(O)CN1CCC(NC(=O)c2ccc(C)cc2C)CC1. The summed E-state index contributed by atoms with van der Waals surface area (Å²) in [5, 5.41) is 12.9. The summed E-state index contributed by atoms with van der Waals surface area (Å²) in [7, 11) is 1.60. The lowest BCUT2D eigenvalue weighted by molar-refractivity contribution is 0.0309. The molecule has 0 saturated carbocycles. The number of piperidine rings is 1. The molecule has 1 atom stereocenters. The number of rotatable bonds is 6. The summed E-state index contributed by atoms with van der Waals surface area (Å²) in [6.07, 6.45) is 1.38. The molecule has 0 aromatic heterocycles. The van der Waals surface area contributed by atoms with Gasteiger partial charge < -0.3 is 20.1 Å². The molecule has 1 fully saturated rings. The third-order valence-electron chi connectivity index (χ3n) is 4.38. The molecule has 1 aliphatic rings. The van der Waals surface area contributed by atoms with E-state index in [1.165, 1.54) is 5.56 Å². The maximum absolute atomic E-state index is 12.4. The normalized spacial score (nSPS) is 17.9. The Bertz CT molecular complexity index is 525. The molecule has 2 N–H and O–H groups in total. The van der Waals surface area contributed by atoms with Crippen molar-refractivity contribution in [2.75, 3.05) is 33.4 Å². The van der Waals surface area contributed by atoms with Gasteiger partial charge in [0.2, 0.25) is 0 Å². The van der Waals surface area contributed by atoms with Gasteiger partial charge in [-0.1, -0.05) is 17.7 Å². The van der Waals surface area contributed by atoms with Crippen molar-refractivity contribution < 1.29 is 14.6 Å². The molecule has 1 unspecified atom stereocenters. The summed E-state index contributed by atoms with van der Waals surface area (Å²) in [5.74, 6) is 0.0142. The first-order chi connectivity index (χ1) is 11.0. The number of hydrogen-bond acceptors (Lipinski definition) is 4. The summed E-state index contributed by atoms with van der Waals surface area (Å²) in [4.78, 5) is 14.6. The molecule has 5 heteroatoms. The molecule has 1 aromatic carbocycles. The van der Waals surface area contributed by atoms with Crippen LogP contribution in [0.25, 0.3) is 0 Å². The summed E-state index contributed by atoms with van der Waals surface area (Å²) in [5.41, 5.74) is 2.94. The Morgan fingerprint density at radius 2 is 2.09 bits per heavy atom. The topological polar surface area (TPSA) is 61.8 Å². The number of β-amino-alcohol motifs (C(OH)–C–C–N with tert-alkyl or cyclic N) is 1. The number of nitrogens with zero attached hydrogens (tertiary/aromatic N) is 1. The Morgan fingerprint density at radius 3 is 2.70 bits per heavy atom. The van der Waals surface area contributed by atoms with Gasteiger partial charge >= 0.3 is 0 Å². The van der Waals surface area contributed by atoms with Gasteiger partial charge in [0.25, 0.3) is 5.91 Å². The van der Waals surface area contributed by atoms with Crippen molar-refractivity contribution in [2.24, 2.45) is 0 Å². The molecule has 23 heavy (non-hydrogen) atoms. The Morgan fingerprint density at radius 1 is 1.39 bits per heavy atom. The van der Waals surface area contributed by atoms with E-state index in [9.17, 15) is 9.90 Å². The van der Waals surface area contributed by atoms with E-state index in [0.29, 0.717) is 13.2 Å². The van der Waals surface area contributed by atoms with Crippen molar-refractivity contribution in [1.29, 1.82) is 0 Å². The lowest BCUT2D eigenvalue weighted by Gasteiger charge is -2.33. The molecule has 1 amide bonds. The highest BCUT2D eigenvalue weighted by atomic mass is 16.5. The fraction of sp³-hybridized carbons (Fsp3) is 0.611. The van der Waals surface area contributed by atoms with Crippen LogP contribution in [0.3, 0.4) is 0 Å². The van der Waals surface area contributed by atoms with Crippen LogP contribution in [0.15, 0.2) is 18.2 Å². The Kier molecular flexibility index (Phi) is 6.57. The smallest absolute Gasteiger partial charge is 0.251 e. The fourth-order valence-electron chi connectivity index (χ4n) is 3.13. The van der Waals surface area contributed by atoms with Crippen LogP contribution in [0, 0.1) is 13.8 Å². The van der Waals surface area contributed by atoms with E-state index in [1.54, 1.807) is 7.11 Å². The van der Waals surface area contributed by atoms with Gasteiger partial charge in [0, 0.05) is 38.3 Å². The first-order valence-corrected chi connectivity index (χ1v) is 8.27. The number of aliphatic hydroxyl groups excluding tert-OH is 1. The molecule has 1 aliphatic heterocycles. The number of carbonyl (C=O) groups is 1. The Balaban J connectivity index is 1.81. The highest BCUT2D eigenvalue weighted by Gasteiger charge is 2.23. The highest BCUT2D eigenvalue weighted by Crippen LogP contribution is 2.14. The van der Waals surface area contributed by atoms with Crippen molar-refractivity contribution in [3.8, 4) is 0 Å². The van der Waals surface area contributed by atoms with Gasteiger partial charge in [-0.25, -0.2) is 0 Å². The van der Waals surface area contributed by atoms with E-state index in [-0.39, 0.29) is 11.9 Å². The van der Waals surface area contributed by atoms with E-state index >= 15 is 0 Å². The summed E-state index contributed by atoms with van der Waals surface area (Å²) >= 11 is 0. The third-order valence-corrected chi connectivity index (χ3v) is 4.38. The largest absolute Gasteiger partial charge is 0.389 e. The van der Waals surface area contributed by atoms with Gasteiger partial charge in [-0.2, -0.15) is 0 Å². The standard InChI is InChI=1S/C18H28N2O3/c1-13-4-5-17(14(2)10-13)18(22)19-15-6-8-20(9-7-15)11-16(21)12-23-3/h4-5,10,15-16,21H,6-9,11-12H2,1-3H3,(H,19,22). The Hall–Kier alpha value is -1.43. The second-order valence-corrected chi connectivity index (χ2v) is 6.48. The number of carbonyl (C=O) groups excluding carboxylic acids is 1. The first-order valence-electron chi connectivity index (χ1n) is 8.27. The lowest BCUT2D eigenvalue weighted by Crippen LogP contribution is -2.47. The Labute approximate surface area is 138 Å². The minimum atomic E-state index is -0.443. The average molecular weight is 320 g/mol. The minimum absolute atomic E-state index is 0.0142. The van der Waals surface area contributed by atoms with Crippen molar-refractivity contribution >= 4 is 5.91 Å². The minimum Gasteiger partial charge on any atom is -0.389 e. The van der Waals surface area contributed by atoms with Gasteiger partial charge in [-0.15, -0.1) is 0 Å². The average Bonchev–Trinajstić information content (AvgIpc) is 2.49. The predicted octanol–water partition coefficient (Wildman–Crippen LogP) is 1.50. The summed E-state index contributed by atoms with van der Waals surface area (Å²) in [6.45, 7) is 6.77. The predicted molar refractivity (Wildman–Crippen MR) is 90.7 cm³/mol. The van der Waals surface area contributed by atoms with Crippen LogP contribution in [0.2, 0.25) is 0 Å². The zero-order chi connectivity index (χ0) is 16.8. The molecule has 0 bridgehead atoms. The van der Waals surface area contributed by atoms with Crippen LogP contribution in [0.1, 0.15) is 34.3 Å². The summed E-state index contributed by atoms with van der Waals surface area (Å²) < 4.78 is 4.95. The second kappa shape index (κ2) is 8.43. The molecule has 0 aliphatic carbocycles. The number of aryl methyl sites for hydroxylation is 2. The zero-order valence-electron chi connectivity index (χ0n) is 14.3. The molecule has 128 valence electrons. The van der Waals surface area contributed by atoms with Gasteiger partial charge in [-0.05, 0) is 38.3 Å². The first kappa shape index (κ1) is 17.9. The quantitative estimate of drug-likeness (QED) is 0.834. The number of amides is 1. The van der Waals surface area contributed by atoms with Crippen LogP contribution < -0.4 is 5.32 Å². The van der Waals surface area contributed by atoms with Crippen LogP contribution >= 0.6 is 0 Å². The van der Waals surface area contributed by atoms with Crippen LogP contribution in [0.4, 0.5) is 0 Å². The van der Waals surface area contributed by atoms with Crippen LogP contribution in [0.5, 0.6) is 0 Å². The van der Waals surface area contributed by atoms with Gasteiger partial charge in [0.15, 0.2) is 0 Å². The zero-order valence-corrected chi connectivity index (χ0v) is 14.3. The maximum Gasteiger partial charge on any atom is 0.251 e. The summed E-state index contributed by atoms with van der Waals surface area (Å²) in [6, 6.07) is 6.12. The van der Waals surface area contributed by atoms with Gasteiger partial charge in [0.05, 0.1) is 12.7 Å². The molecule has 5 nitrogen and oxygen atoms in total. The molecule has 0 spiro atoms. The molecule has 0 radical (unpaired) electrons. The molecule has 2 rings (SSSR count). The van der Waals surface area contributed by atoms with Crippen LogP contribution in [-0.4, -0.2) is 61.4 Å². The van der Waals surface area contributed by atoms with Crippen molar-refractivity contribution in [3.05, 3.63) is 34.9 Å². The molecule has 1 aromatic rings. The van der Waals surface area contributed by atoms with E-state index in [4.69, 9.17) is 4.74 Å². The number of aliphatic hydroxyl groups is 1. The number of ether oxygens (including phenoxy) is 1. The maximum atomic E-state index is 12.4. The molecular formula is C18H28N2O3. The number of methoxy groups -OCH3 is 1. The van der Waals surface area contributed by atoms with Crippen molar-refractivity contribution in [1.82, 2.24) is 10.2 Å². The van der Waals surface area contributed by atoms with E-state index in [2.05, 4.69) is 10.2 Å².